The molecule has 0 atom stereocenters. The summed E-state index contributed by atoms with van der Waals surface area (Å²) in [5.74, 6) is 2.50. The first kappa shape index (κ1) is 10.1. The third-order valence-electron chi connectivity index (χ3n) is 2.07. The SMILES string of the molecule is CCCC(=N)CN1CCSCC1. The molecule has 0 unspecified atom stereocenters. The van der Waals surface area contributed by atoms with Crippen LogP contribution in [0.4, 0.5) is 0 Å². The first-order valence-corrected chi connectivity index (χ1v) is 5.84. The molecule has 1 aliphatic rings. The normalized spacial score (nSPS) is 19.4. The second kappa shape index (κ2) is 5.60. The Morgan fingerprint density at radius 1 is 1.42 bits per heavy atom. The maximum atomic E-state index is 7.68. The van der Waals surface area contributed by atoms with Gasteiger partial charge in [0.15, 0.2) is 0 Å². The van der Waals surface area contributed by atoms with Gasteiger partial charge < -0.3 is 5.41 Å². The number of rotatable bonds is 4. The van der Waals surface area contributed by atoms with Crippen molar-refractivity contribution in [1.29, 1.82) is 5.41 Å². The van der Waals surface area contributed by atoms with Gasteiger partial charge in [0.1, 0.15) is 0 Å². The summed E-state index contributed by atoms with van der Waals surface area (Å²) in [5, 5.41) is 7.68. The molecule has 0 aromatic rings. The molecular formula is C9H18N2S. The van der Waals surface area contributed by atoms with Gasteiger partial charge in [-0.25, -0.2) is 0 Å². The lowest BCUT2D eigenvalue weighted by atomic mass is 10.2. The van der Waals surface area contributed by atoms with Crippen LogP contribution in [0.25, 0.3) is 0 Å². The molecule has 1 fully saturated rings. The molecule has 0 saturated carbocycles. The molecule has 0 radical (unpaired) electrons. The van der Waals surface area contributed by atoms with Crippen molar-refractivity contribution in [2.75, 3.05) is 31.1 Å². The first-order valence-electron chi connectivity index (χ1n) is 4.69. The summed E-state index contributed by atoms with van der Waals surface area (Å²) in [6.07, 6.45) is 2.09. The van der Waals surface area contributed by atoms with Gasteiger partial charge in [0.25, 0.3) is 0 Å². The van der Waals surface area contributed by atoms with Crippen LogP contribution in [-0.2, 0) is 0 Å². The van der Waals surface area contributed by atoms with Crippen molar-refractivity contribution in [3.63, 3.8) is 0 Å². The van der Waals surface area contributed by atoms with E-state index in [1.807, 2.05) is 11.8 Å². The third kappa shape index (κ3) is 3.59. The van der Waals surface area contributed by atoms with E-state index in [-0.39, 0.29) is 0 Å². The zero-order valence-corrected chi connectivity index (χ0v) is 8.62. The minimum absolute atomic E-state index is 0.907. The fourth-order valence-electron chi connectivity index (χ4n) is 1.41. The Balaban J connectivity index is 2.15. The molecule has 70 valence electrons. The monoisotopic (exact) mass is 186 g/mol. The second-order valence-corrected chi connectivity index (χ2v) is 4.47. The smallest absolute Gasteiger partial charge is 0.0361 e. The first-order chi connectivity index (χ1) is 5.83. The number of thioether (sulfide) groups is 1. The van der Waals surface area contributed by atoms with Gasteiger partial charge in [-0.05, 0) is 6.42 Å². The zero-order chi connectivity index (χ0) is 8.81. The molecular weight excluding hydrogens is 168 g/mol. The van der Waals surface area contributed by atoms with Crippen LogP contribution in [0, 0.1) is 5.41 Å². The van der Waals surface area contributed by atoms with Crippen LogP contribution in [-0.4, -0.2) is 41.8 Å². The topological polar surface area (TPSA) is 27.1 Å². The predicted molar refractivity (Wildman–Crippen MR) is 56.4 cm³/mol. The minimum Gasteiger partial charge on any atom is -0.308 e. The van der Waals surface area contributed by atoms with E-state index in [0.29, 0.717) is 0 Å². The molecule has 1 rings (SSSR count). The number of hydrogen-bond donors (Lipinski definition) is 1. The lowest BCUT2D eigenvalue weighted by Gasteiger charge is -2.26. The van der Waals surface area contributed by atoms with E-state index in [9.17, 15) is 0 Å². The molecule has 0 spiro atoms. The quantitative estimate of drug-likeness (QED) is 0.678. The Kier molecular flexibility index (Phi) is 4.69. The average molecular weight is 186 g/mol. The second-order valence-electron chi connectivity index (χ2n) is 3.24. The van der Waals surface area contributed by atoms with Crippen LogP contribution in [0.2, 0.25) is 0 Å². The Bertz CT molecular complexity index is 141. The van der Waals surface area contributed by atoms with E-state index < -0.39 is 0 Å². The Labute approximate surface area is 79.2 Å². The molecule has 0 aliphatic carbocycles. The summed E-state index contributed by atoms with van der Waals surface area (Å²) in [5.41, 5.74) is 0.907. The number of nitrogens with one attached hydrogen (secondary N) is 1. The highest BCUT2D eigenvalue weighted by Gasteiger charge is 2.11. The lowest BCUT2D eigenvalue weighted by Crippen LogP contribution is -2.36. The van der Waals surface area contributed by atoms with Crippen LogP contribution < -0.4 is 0 Å². The molecule has 1 aliphatic heterocycles. The highest BCUT2D eigenvalue weighted by molar-refractivity contribution is 7.99. The highest BCUT2D eigenvalue weighted by Crippen LogP contribution is 2.09. The fourth-order valence-corrected chi connectivity index (χ4v) is 2.39. The van der Waals surface area contributed by atoms with Crippen LogP contribution in [0.15, 0.2) is 0 Å². The van der Waals surface area contributed by atoms with Gasteiger partial charge in [-0.3, -0.25) is 4.90 Å². The Morgan fingerprint density at radius 2 is 2.08 bits per heavy atom. The molecule has 1 N–H and O–H groups in total. The Morgan fingerprint density at radius 3 is 2.67 bits per heavy atom. The maximum Gasteiger partial charge on any atom is 0.0361 e. The van der Waals surface area contributed by atoms with Crippen LogP contribution >= 0.6 is 11.8 Å². The number of nitrogens with zero attached hydrogens (tertiary/aromatic N) is 1. The molecule has 0 aromatic carbocycles. The van der Waals surface area contributed by atoms with E-state index in [4.69, 9.17) is 5.41 Å². The predicted octanol–water partition coefficient (Wildman–Crippen LogP) is 1.86. The van der Waals surface area contributed by atoms with Gasteiger partial charge in [-0.15, -0.1) is 0 Å². The summed E-state index contributed by atoms with van der Waals surface area (Å²) in [6, 6.07) is 0. The standard InChI is InChI=1S/C9H18N2S/c1-2-3-9(10)8-11-4-6-12-7-5-11/h10H,2-8H2,1H3. The molecule has 3 heteroatoms. The van der Waals surface area contributed by atoms with Gasteiger partial charge in [0.2, 0.25) is 0 Å². The highest BCUT2D eigenvalue weighted by atomic mass is 32.2. The molecule has 12 heavy (non-hydrogen) atoms. The van der Waals surface area contributed by atoms with E-state index in [1.54, 1.807) is 0 Å². The van der Waals surface area contributed by atoms with E-state index in [0.717, 1.165) is 25.1 Å². The Hall–Kier alpha value is -0.0200. The molecule has 0 bridgehead atoms. The van der Waals surface area contributed by atoms with Gasteiger partial charge in [-0.1, -0.05) is 13.3 Å². The van der Waals surface area contributed by atoms with Crippen molar-refractivity contribution in [3.8, 4) is 0 Å². The van der Waals surface area contributed by atoms with E-state index in [1.165, 1.54) is 24.6 Å². The minimum atomic E-state index is 0.907. The summed E-state index contributed by atoms with van der Waals surface area (Å²) in [6.45, 7) is 5.41. The van der Waals surface area contributed by atoms with Crippen LogP contribution in [0.3, 0.4) is 0 Å². The summed E-state index contributed by atoms with van der Waals surface area (Å²) in [4.78, 5) is 2.40. The van der Waals surface area contributed by atoms with Crippen LogP contribution in [0.1, 0.15) is 19.8 Å². The van der Waals surface area contributed by atoms with E-state index >= 15 is 0 Å². The molecule has 1 heterocycles. The average Bonchev–Trinajstić information content (AvgIpc) is 2.06. The van der Waals surface area contributed by atoms with Crippen molar-refractivity contribution in [2.45, 2.75) is 19.8 Å². The molecule has 0 aromatic heterocycles. The third-order valence-corrected chi connectivity index (χ3v) is 3.01. The van der Waals surface area contributed by atoms with Gasteiger partial charge >= 0.3 is 0 Å². The molecule has 2 nitrogen and oxygen atoms in total. The fraction of sp³-hybridized carbons (Fsp3) is 0.889. The lowest BCUT2D eigenvalue weighted by molar-refractivity contribution is 0.343. The van der Waals surface area contributed by atoms with Crippen molar-refractivity contribution < 1.29 is 0 Å². The van der Waals surface area contributed by atoms with Crippen molar-refractivity contribution in [1.82, 2.24) is 4.90 Å². The molecule has 1 saturated heterocycles. The van der Waals surface area contributed by atoms with Crippen molar-refractivity contribution >= 4 is 17.5 Å². The van der Waals surface area contributed by atoms with Crippen LogP contribution in [0.5, 0.6) is 0 Å². The summed E-state index contributed by atoms with van der Waals surface area (Å²) in [7, 11) is 0. The molecule has 0 amide bonds. The van der Waals surface area contributed by atoms with Gasteiger partial charge in [0, 0.05) is 36.9 Å². The zero-order valence-electron chi connectivity index (χ0n) is 7.81. The largest absolute Gasteiger partial charge is 0.308 e. The van der Waals surface area contributed by atoms with Crippen molar-refractivity contribution in [2.24, 2.45) is 0 Å². The van der Waals surface area contributed by atoms with Crippen molar-refractivity contribution in [3.05, 3.63) is 0 Å². The maximum absolute atomic E-state index is 7.68. The van der Waals surface area contributed by atoms with Gasteiger partial charge in [0.05, 0.1) is 0 Å². The number of hydrogen-bond acceptors (Lipinski definition) is 3. The van der Waals surface area contributed by atoms with E-state index in [2.05, 4.69) is 11.8 Å². The summed E-state index contributed by atoms with van der Waals surface area (Å²) < 4.78 is 0. The summed E-state index contributed by atoms with van der Waals surface area (Å²) >= 11 is 2.03. The van der Waals surface area contributed by atoms with Gasteiger partial charge in [-0.2, -0.15) is 11.8 Å².